The van der Waals surface area contributed by atoms with E-state index in [1.165, 1.54) is 6.07 Å². The molecule has 20 heavy (non-hydrogen) atoms. The SMILES string of the molecule is O=C(c1cccc(F)c1Br)C1CCOc2ccccc21. The Kier molecular flexibility index (Phi) is 3.57. The second-order valence-corrected chi connectivity index (χ2v) is 5.49. The monoisotopic (exact) mass is 334 g/mol. The van der Waals surface area contributed by atoms with E-state index in [2.05, 4.69) is 15.9 Å². The van der Waals surface area contributed by atoms with Crippen molar-refractivity contribution in [2.75, 3.05) is 6.61 Å². The first kappa shape index (κ1) is 13.3. The molecule has 2 aromatic carbocycles. The number of Topliss-reactive ketones (excluding diaryl/α,β-unsaturated/α-hetero) is 1. The highest BCUT2D eigenvalue weighted by Crippen LogP contribution is 2.37. The summed E-state index contributed by atoms with van der Waals surface area (Å²) in [5.74, 6) is -0.0361. The number of para-hydroxylation sites is 1. The van der Waals surface area contributed by atoms with E-state index in [0.717, 1.165) is 11.3 Å². The van der Waals surface area contributed by atoms with Crippen LogP contribution in [0.2, 0.25) is 0 Å². The first-order valence-electron chi connectivity index (χ1n) is 6.38. The van der Waals surface area contributed by atoms with E-state index in [0.29, 0.717) is 18.6 Å². The number of carbonyl (C=O) groups excluding carboxylic acids is 1. The van der Waals surface area contributed by atoms with Gasteiger partial charge in [-0.3, -0.25) is 4.79 Å². The van der Waals surface area contributed by atoms with E-state index < -0.39 is 5.82 Å². The molecule has 0 spiro atoms. The maximum atomic E-state index is 13.6. The number of ether oxygens (including phenoxy) is 1. The van der Waals surface area contributed by atoms with Crippen molar-refractivity contribution in [1.29, 1.82) is 0 Å². The second-order valence-electron chi connectivity index (χ2n) is 4.69. The summed E-state index contributed by atoms with van der Waals surface area (Å²) in [5, 5.41) is 0. The Labute approximate surface area is 124 Å². The van der Waals surface area contributed by atoms with Gasteiger partial charge in [0.1, 0.15) is 11.6 Å². The zero-order chi connectivity index (χ0) is 14.1. The van der Waals surface area contributed by atoms with E-state index in [-0.39, 0.29) is 16.2 Å². The summed E-state index contributed by atoms with van der Waals surface area (Å²) in [4.78, 5) is 12.7. The van der Waals surface area contributed by atoms with Crippen LogP contribution in [0, 0.1) is 5.82 Å². The summed E-state index contributed by atoms with van der Waals surface area (Å²) < 4.78 is 19.4. The van der Waals surface area contributed by atoms with Crippen molar-refractivity contribution in [2.45, 2.75) is 12.3 Å². The van der Waals surface area contributed by atoms with Gasteiger partial charge in [-0.15, -0.1) is 0 Å². The molecule has 4 heteroatoms. The van der Waals surface area contributed by atoms with Crippen molar-refractivity contribution in [2.24, 2.45) is 0 Å². The molecule has 0 bridgehead atoms. The first-order valence-corrected chi connectivity index (χ1v) is 7.17. The Balaban J connectivity index is 2.02. The number of hydrogen-bond donors (Lipinski definition) is 0. The molecule has 0 aliphatic carbocycles. The lowest BCUT2D eigenvalue weighted by molar-refractivity contribution is 0.0931. The van der Waals surface area contributed by atoms with Crippen LogP contribution in [-0.4, -0.2) is 12.4 Å². The molecule has 0 saturated carbocycles. The standard InChI is InChI=1S/C16H12BrFO2/c17-15-12(5-3-6-13(15)18)16(19)11-8-9-20-14-7-2-1-4-10(11)14/h1-7,11H,8-9H2. The van der Waals surface area contributed by atoms with Gasteiger partial charge in [-0.2, -0.15) is 0 Å². The zero-order valence-electron chi connectivity index (χ0n) is 10.6. The highest BCUT2D eigenvalue weighted by atomic mass is 79.9. The maximum absolute atomic E-state index is 13.6. The van der Waals surface area contributed by atoms with Gasteiger partial charge in [-0.05, 0) is 34.5 Å². The molecule has 1 aliphatic rings. The third-order valence-electron chi connectivity index (χ3n) is 3.49. The summed E-state index contributed by atoms with van der Waals surface area (Å²) in [7, 11) is 0. The fraction of sp³-hybridized carbons (Fsp3) is 0.188. The molecule has 1 atom stereocenters. The molecule has 0 aromatic heterocycles. The lowest BCUT2D eigenvalue weighted by atomic mass is 9.86. The molecule has 1 aliphatic heterocycles. The summed E-state index contributed by atoms with van der Waals surface area (Å²) in [5.41, 5.74) is 1.26. The number of hydrogen-bond acceptors (Lipinski definition) is 2. The Morgan fingerprint density at radius 1 is 1.20 bits per heavy atom. The molecule has 1 heterocycles. The highest BCUT2D eigenvalue weighted by molar-refractivity contribution is 9.10. The van der Waals surface area contributed by atoms with Crippen molar-refractivity contribution >= 4 is 21.7 Å². The summed E-state index contributed by atoms with van der Waals surface area (Å²) in [6.45, 7) is 0.500. The van der Waals surface area contributed by atoms with Crippen molar-refractivity contribution in [3.63, 3.8) is 0 Å². The molecular weight excluding hydrogens is 323 g/mol. The highest BCUT2D eigenvalue weighted by Gasteiger charge is 2.29. The number of rotatable bonds is 2. The van der Waals surface area contributed by atoms with Crippen LogP contribution in [0.5, 0.6) is 5.75 Å². The van der Waals surface area contributed by atoms with E-state index in [9.17, 15) is 9.18 Å². The Morgan fingerprint density at radius 2 is 2.00 bits per heavy atom. The summed E-state index contributed by atoms with van der Waals surface area (Å²) >= 11 is 3.16. The number of halogens is 2. The van der Waals surface area contributed by atoms with E-state index >= 15 is 0 Å². The van der Waals surface area contributed by atoms with Crippen molar-refractivity contribution in [1.82, 2.24) is 0 Å². The molecule has 2 aromatic rings. The Morgan fingerprint density at radius 3 is 2.85 bits per heavy atom. The lowest BCUT2D eigenvalue weighted by Gasteiger charge is -2.25. The van der Waals surface area contributed by atoms with Gasteiger partial charge in [0.05, 0.1) is 17.0 Å². The quantitative estimate of drug-likeness (QED) is 0.764. The fourth-order valence-electron chi connectivity index (χ4n) is 2.50. The maximum Gasteiger partial charge on any atom is 0.171 e. The minimum absolute atomic E-state index is 0.0767. The minimum atomic E-state index is -0.420. The topological polar surface area (TPSA) is 26.3 Å². The van der Waals surface area contributed by atoms with Crippen molar-refractivity contribution in [3.05, 3.63) is 63.9 Å². The van der Waals surface area contributed by atoms with E-state index in [4.69, 9.17) is 4.74 Å². The molecule has 1 unspecified atom stereocenters. The van der Waals surface area contributed by atoms with Crippen LogP contribution < -0.4 is 4.74 Å². The van der Waals surface area contributed by atoms with Gasteiger partial charge in [-0.1, -0.05) is 30.3 Å². The average Bonchev–Trinajstić information content (AvgIpc) is 2.49. The van der Waals surface area contributed by atoms with Crippen LogP contribution in [0.25, 0.3) is 0 Å². The van der Waals surface area contributed by atoms with Gasteiger partial charge >= 0.3 is 0 Å². The molecule has 0 N–H and O–H groups in total. The van der Waals surface area contributed by atoms with Gasteiger partial charge in [-0.25, -0.2) is 4.39 Å². The zero-order valence-corrected chi connectivity index (χ0v) is 12.2. The Hall–Kier alpha value is -1.68. The van der Waals surface area contributed by atoms with E-state index in [1.807, 2.05) is 24.3 Å². The number of carbonyl (C=O) groups is 1. The van der Waals surface area contributed by atoms with Gasteiger partial charge < -0.3 is 4.74 Å². The molecule has 0 fully saturated rings. The van der Waals surface area contributed by atoms with Crippen LogP contribution in [0.1, 0.15) is 28.3 Å². The van der Waals surface area contributed by atoms with Crippen LogP contribution in [0.3, 0.4) is 0 Å². The summed E-state index contributed by atoms with van der Waals surface area (Å²) in [6, 6.07) is 12.0. The van der Waals surface area contributed by atoms with Gasteiger partial charge in [0, 0.05) is 11.1 Å². The third-order valence-corrected chi connectivity index (χ3v) is 4.30. The van der Waals surface area contributed by atoms with Gasteiger partial charge in [0.2, 0.25) is 0 Å². The Bertz CT molecular complexity index is 669. The van der Waals surface area contributed by atoms with Crippen molar-refractivity contribution in [3.8, 4) is 5.75 Å². The fourth-order valence-corrected chi connectivity index (χ4v) is 2.96. The van der Waals surface area contributed by atoms with Gasteiger partial charge in [0.25, 0.3) is 0 Å². The number of fused-ring (bicyclic) bond motifs is 1. The molecule has 102 valence electrons. The summed E-state index contributed by atoms with van der Waals surface area (Å²) in [6.07, 6.45) is 0.610. The smallest absolute Gasteiger partial charge is 0.171 e. The molecule has 2 nitrogen and oxygen atoms in total. The molecule has 0 saturated heterocycles. The first-order chi connectivity index (χ1) is 9.68. The third kappa shape index (κ3) is 2.24. The predicted octanol–water partition coefficient (Wildman–Crippen LogP) is 4.34. The van der Waals surface area contributed by atoms with Crippen molar-refractivity contribution < 1.29 is 13.9 Å². The molecular formula is C16H12BrFO2. The predicted molar refractivity (Wildman–Crippen MR) is 77.7 cm³/mol. The second kappa shape index (κ2) is 5.37. The van der Waals surface area contributed by atoms with E-state index in [1.54, 1.807) is 12.1 Å². The molecule has 0 amide bonds. The van der Waals surface area contributed by atoms with Gasteiger partial charge in [0.15, 0.2) is 5.78 Å². The number of ketones is 1. The molecule has 3 rings (SSSR count). The largest absolute Gasteiger partial charge is 0.493 e. The molecule has 0 radical (unpaired) electrons. The number of benzene rings is 2. The lowest BCUT2D eigenvalue weighted by Crippen LogP contribution is -2.21. The van der Waals surface area contributed by atoms with Crippen LogP contribution >= 0.6 is 15.9 Å². The average molecular weight is 335 g/mol. The normalized spacial score (nSPS) is 17.2. The minimum Gasteiger partial charge on any atom is -0.493 e. The van der Waals surface area contributed by atoms with Crippen LogP contribution in [0.4, 0.5) is 4.39 Å². The van der Waals surface area contributed by atoms with Crippen LogP contribution in [-0.2, 0) is 0 Å². The van der Waals surface area contributed by atoms with Crippen LogP contribution in [0.15, 0.2) is 46.9 Å².